The Labute approximate surface area is 158 Å². The lowest BCUT2D eigenvalue weighted by Gasteiger charge is -2.42. The Morgan fingerprint density at radius 3 is 2.77 bits per heavy atom. The number of aromatic nitrogens is 1. The number of hydrogen-bond donors (Lipinski definition) is 2. The zero-order chi connectivity index (χ0) is 18.5. The third-order valence-electron chi connectivity index (χ3n) is 6.24. The van der Waals surface area contributed by atoms with Crippen LogP contribution in [0, 0.1) is 6.92 Å². The molecule has 2 fully saturated rings. The summed E-state index contributed by atoms with van der Waals surface area (Å²) in [5.74, 6) is 0. The van der Waals surface area contributed by atoms with E-state index in [-0.39, 0.29) is 0 Å². The van der Waals surface area contributed by atoms with Crippen molar-refractivity contribution in [3.8, 4) is 0 Å². The minimum absolute atomic E-state index is 0.410. The Morgan fingerprint density at radius 2 is 2.04 bits per heavy atom. The number of carbonyl (C=O) groups excluding carboxylic acids is 1. The number of hydrogen-bond acceptors (Lipinski definition) is 3. The standard InChI is InChI=1S/C20H25ClN2O3/c1-13-14(15-7-6-8-16(21)17(15)22-13)9-12-23-18(24)26-20(19(23,2)25)10-4-3-5-11-20/h6-8,22,25H,3-5,9-12H2,1-2H3/t19-/m0/s1. The molecule has 0 bridgehead atoms. The van der Waals surface area contributed by atoms with E-state index in [1.54, 1.807) is 6.92 Å². The van der Waals surface area contributed by atoms with Gasteiger partial charge in [0, 0.05) is 17.6 Å². The summed E-state index contributed by atoms with van der Waals surface area (Å²) in [6.07, 6.45) is 4.77. The first-order valence-electron chi connectivity index (χ1n) is 9.34. The molecule has 0 radical (unpaired) electrons. The molecule has 1 amide bonds. The first-order valence-corrected chi connectivity index (χ1v) is 9.72. The minimum atomic E-state index is -1.28. The van der Waals surface area contributed by atoms with Gasteiger partial charge in [-0.15, -0.1) is 0 Å². The number of H-pyrrole nitrogens is 1. The number of fused-ring (bicyclic) bond motifs is 1. The highest BCUT2D eigenvalue weighted by Crippen LogP contribution is 2.47. The molecule has 1 aliphatic carbocycles. The van der Waals surface area contributed by atoms with Crippen LogP contribution in [0.1, 0.15) is 50.3 Å². The monoisotopic (exact) mass is 376 g/mol. The molecular weight excluding hydrogens is 352 g/mol. The van der Waals surface area contributed by atoms with Gasteiger partial charge in [-0.2, -0.15) is 0 Å². The summed E-state index contributed by atoms with van der Waals surface area (Å²) in [5.41, 5.74) is 1.04. The Bertz CT molecular complexity index is 852. The maximum absolute atomic E-state index is 12.5. The van der Waals surface area contributed by atoms with Crippen LogP contribution in [0.3, 0.4) is 0 Å². The van der Waals surface area contributed by atoms with Crippen molar-refractivity contribution in [1.29, 1.82) is 0 Å². The van der Waals surface area contributed by atoms with E-state index in [0.717, 1.165) is 54.3 Å². The Hall–Kier alpha value is -1.72. The van der Waals surface area contributed by atoms with Gasteiger partial charge in [0.1, 0.15) is 0 Å². The van der Waals surface area contributed by atoms with Gasteiger partial charge in [0.05, 0.1) is 10.5 Å². The highest BCUT2D eigenvalue weighted by atomic mass is 35.5. The number of aliphatic hydroxyl groups is 1. The van der Waals surface area contributed by atoms with Gasteiger partial charge in [-0.05, 0) is 57.6 Å². The fraction of sp³-hybridized carbons (Fsp3) is 0.550. The van der Waals surface area contributed by atoms with Crippen molar-refractivity contribution in [2.24, 2.45) is 0 Å². The maximum Gasteiger partial charge on any atom is 0.412 e. The van der Waals surface area contributed by atoms with Crippen molar-refractivity contribution < 1.29 is 14.6 Å². The number of carbonyl (C=O) groups is 1. The molecule has 0 unspecified atom stereocenters. The molecule has 4 rings (SSSR count). The lowest BCUT2D eigenvalue weighted by Crippen LogP contribution is -2.57. The molecule has 140 valence electrons. The first kappa shape index (κ1) is 17.7. The number of benzene rings is 1. The highest BCUT2D eigenvalue weighted by Gasteiger charge is 2.61. The molecule has 2 N–H and O–H groups in total. The van der Waals surface area contributed by atoms with Crippen LogP contribution in [0.5, 0.6) is 0 Å². The molecule has 1 atom stereocenters. The molecule has 1 aromatic carbocycles. The number of aromatic amines is 1. The van der Waals surface area contributed by atoms with E-state index in [2.05, 4.69) is 4.98 Å². The van der Waals surface area contributed by atoms with Crippen molar-refractivity contribution in [3.05, 3.63) is 34.5 Å². The zero-order valence-electron chi connectivity index (χ0n) is 15.3. The lowest BCUT2D eigenvalue weighted by molar-refractivity contribution is -0.158. The minimum Gasteiger partial charge on any atom is -0.438 e. The molecular formula is C20H25ClN2O3. The summed E-state index contributed by atoms with van der Waals surface area (Å²) in [6, 6.07) is 5.82. The van der Waals surface area contributed by atoms with Gasteiger partial charge in [-0.3, -0.25) is 4.90 Å². The number of nitrogens with zero attached hydrogens (tertiary/aromatic N) is 1. The third-order valence-corrected chi connectivity index (χ3v) is 6.56. The molecule has 2 aliphatic rings. The molecule has 5 nitrogen and oxygen atoms in total. The predicted molar refractivity (Wildman–Crippen MR) is 101 cm³/mol. The van der Waals surface area contributed by atoms with E-state index >= 15 is 0 Å². The maximum atomic E-state index is 12.5. The fourth-order valence-electron chi connectivity index (χ4n) is 4.66. The molecule has 1 saturated heterocycles. The topological polar surface area (TPSA) is 65.6 Å². The second-order valence-electron chi connectivity index (χ2n) is 7.74. The number of para-hydroxylation sites is 1. The Kier molecular flexibility index (Phi) is 4.20. The molecule has 1 aliphatic heterocycles. The first-order chi connectivity index (χ1) is 12.4. The van der Waals surface area contributed by atoms with Gasteiger partial charge in [0.15, 0.2) is 11.3 Å². The van der Waals surface area contributed by atoms with E-state index in [0.29, 0.717) is 18.0 Å². The number of amides is 1. The predicted octanol–water partition coefficient (Wildman–Crippen LogP) is 4.54. The average Bonchev–Trinajstić information content (AvgIpc) is 3.00. The molecule has 26 heavy (non-hydrogen) atoms. The molecule has 1 saturated carbocycles. The summed E-state index contributed by atoms with van der Waals surface area (Å²) in [4.78, 5) is 17.4. The van der Waals surface area contributed by atoms with Crippen molar-refractivity contribution in [1.82, 2.24) is 9.88 Å². The normalized spacial score (nSPS) is 25.2. The van der Waals surface area contributed by atoms with Gasteiger partial charge in [0.25, 0.3) is 0 Å². The van der Waals surface area contributed by atoms with Crippen molar-refractivity contribution >= 4 is 28.6 Å². The number of rotatable bonds is 3. The van der Waals surface area contributed by atoms with Crippen LogP contribution in [0.4, 0.5) is 4.79 Å². The quantitative estimate of drug-likeness (QED) is 0.826. The molecule has 6 heteroatoms. The van der Waals surface area contributed by atoms with Crippen LogP contribution in [-0.2, 0) is 11.2 Å². The smallest absolute Gasteiger partial charge is 0.412 e. The second kappa shape index (κ2) is 6.17. The van der Waals surface area contributed by atoms with E-state index in [1.165, 1.54) is 4.90 Å². The summed E-state index contributed by atoms with van der Waals surface area (Å²) in [6.45, 7) is 4.14. The number of halogens is 1. The van der Waals surface area contributed by atoms with Crippen LogP contribution in [0.25, 0.3) is 10.9 Å². The summed E-state index contributed by atoms with van der Waals surface area (Å²) in [5, 5.41) is 13.0. The van der Waals surface area contributed by atoms with Gasteiger partial charge >= 0.3 is 6.09 Å². The van der Waals surface area contributed by atoms with E-state index in [1.807, 2.05) is 25.1 Å². The van der Waals surface area contributed by atoms with E-state index in [4.69, 9.17) is 16.3 Å². The van der Waals surface area contributed by atoms with Gasteiger partial charge < -0.3 is 14.8 Å². The van der Waals surface area contributed by atoms with Gasteiger partial charge in [0.2, 0.25) is 0 Å². The Balaban J connectivity index is 1.59. The Morgan fingerprint density at radius 1 is 1.31 bits per heavy atom. The highest BCUT2D eigenvalue weighted by molar-refractivity contribution is 6.35. The number of nitrogens with one attached hydrogen (secondary N) is 1. The van der Waals surface area contributed by atoms with Gasteiger partial charge in [-0.1, -0.05) is 30.2 Å². The fourth-order valence-corrected chi connectivity index (χ4v) is 4.89. The van der Waals surface area contributed by atoms with Crippen LogP contribution >= 0.6 is 11.6 Å². The summed E-state index contributed by atoms with van der Waals surface area (Å²) < 4.78 is 5.73. The number of ether oxygens (including phenoxy) is 1. The second-order valence-corrected chi connectivity index (χ2v) is 8.14. The molecule has 1 aromatic heterocycles. The molecule has 2 heterocycles. The SMILES string of the molecule is Cc1[nH]c2c(Cl)cccc2c1CCN1C(=O)OC2(CCCCC2)[C@]1(C)O. The van der Waals surface area contributed by atoms with Crippen molar-refractivity contribution in [3.63, 3.8) is 0 Å². The van der Waals surface area contributed by atoms with Gasteiger partial charge in [-0.25, -0.2) is 4.79 Å². The van der Waals surface area contributed by atoms with Crippen LogP contribution in [0.15, 0.2) is 18.2 Å². The molecule has 2 aromatic rings. The third kappa shape index (κ3) is 2.52. The number of aryl methyl sites for hydroxylation is 1. The van der Waals surface area contributed by atoms with E-state index < -0.39 is 17.4 Å². The summed E-state index contributed by atoms with van der Waals surface area (Å²) in [7, 11) is 0. The summed E-state index contributed by atoms with van der Waals surface area (Å²) >= 11 is 6.28. The van der Waals surface area contributed by atoms with Crippen molar-refractivity contribution in [2.75, 3.05) is 6.54 Å². The van der Waals surface area contributed by atoms with Crippen molar-refractivity contribution in [2.45, 2.75) is 63.7 Å². The zero-order valence-corrected chi connectivity index (χ0v) is 16.0. The molecule has 1 spiro atoms. The largest absolute Gasteiger partial charge is 0.438 e. The lowest BCUT2D eigenvalue weighted by atomic mass is 9.77. The van der Waals surface area contributed by atoms with Crippen LogP contribution in [0.2, 0.25) is 5.02 Å². The van der Waals surface area contributed by atoms with Crippen LogP contribution < -0.4 is 0 Å². The van der Waals surface area contributed by atoms with Crippen LogP contribution in [-0.4, -0.2) is 39.0 Å². The average molecular weight is 377 g/mol. The van der Waals surface area contributed by atoms with E-state index in [9.17, 15) is 9.90 Å².